The molecule has 0 saturated heterocycles. The van der Waals surface area contributed by atoms with Crippen LogP contribution in [-0.2, 0) is 9.59 Å². The molecular weight excluding hydrogens is 146 g/mol. The lowest BCUT2D eigenvalue weighted by molar-refractivity contribution is -0.130. The molecule has 5 heteroatoms. The molecule has 0 aliphatic rings. The SMILES string of the molecule is CNN(C)NC(=O)CC(C)=O. The molecule has 0 aromatic rings. The van der Waals surface area contributed by atoms with Gasteiger partial charge in [0.15, 0.2) is 0 Å². The molecule has 11 heavy (non-hydrogen) atoms. The number of carbonyl (C=O) groups excluding carboxylic acids is 2. The van der Waals surface area contributed by atoms with E-state index in [2.05, 4.69) is 10.9 Å². The Morgan fingerprint density at radius 1 is 1.45 bits per heavy atom. The number of Topliss-reactive ketones (excluding diaryl/α,β-unsaturated/α-hetero) is 1. The fourth-order valence-corrected chi connectivity index (χ4v) is 0.509. The van der Waals surface area contributed by atoms with Crippen LogP contribution in [0, 0.1) is 0 Å². The largest absolute Gasteiger partial charge is 0.299 e. The van der Waals surface area contributed by atoms with Gasteiger partial charge in [0, 0.05) is 14.1 Å². The molecule has 0 radical (unpaired) electrons. The highest BCUT2D eigenvalue weighted by Crippen LogP contribution is 1.80. The Bertz CT molecular complexity index is 158. The van der Waals surface area contributed by atoms with Gasteiger partial charge in [-0.1, -0.05) is 0 Å². The molecule has 0 saturated carbocycles. The number of ketones is 1. The van der Waals surface area contributed by atoms with Crippen molar-refractivity contribution < 1.29 is 9.59 Å². The Labute approximate surface area is 65.7 Å². The van der Waals surface area contributed by atoms with E-state index < -0.39 is 0 Å². The summed E-state index contributed by atoms with van der Waals surface area (Å²) in [7, 11) is 3.30. The van der Waals surface area contributed by atoms with E-state index in [4.69, 9.17) is 0 Å². The van der Waals surface area contributed by atoms with Gasteiger partial charge < -0.3 is 0 Å². The summed E-state index contributed by atoms with van der Waals surface area (Å²) >= 11 is 0. The smallest absolute Gasteiger partial charge is 0.242 e. The van der Waals surface area contributed by atoms with Crippen LogP contribution in [0.4, 0.5) is 0 Å². The molecular formula is C6H13N3O2. The number of nitrogens with zero attached hydrogens (tertiary/aromatic N) is 1. The van der Waals surface area contributed by atoms with Gasteiger partial charge in [0.25, 0.3) is 0 Å². The maximum atomic E-state index is 10.8. The predicted molar refractivity (Wildman–Crippen MR) is 40.3 cm³/mol. The molecule has 0 heterocycles. The number of hydrogen-bond acceptors (Lipinski definition) is 4. The summed E-state index contributed by atoms with van der Waals surface area (Å²) in [5.41, 5.74) is 5.08. The molecule has 0 bridgehead atoms. The molecule has 64 valence electrons. The number of hydrogen-bond donors (Lipinski definition) is 2. The standard InChI is InChI=1S/C6H13N3O2/c1-5(10)4-6(11)8-9(3)7-2/h7H,4H2,1-3H3,(H,8,11). The monoisotopic (exact) mass is 159 g/mol. The van der Waals surface area contributed by atoms with Gasteiger partial charge in [-0.05, 0) is 6.92 Å². The molecule has 0 aliphatic heterocycles. The van der Waals surface area contributed by atoms with Gasteiger partial charge in [0.1, 0.15) is 5.78 Å². The lowest BCUT2D eigenvalue weighted by atomic mass is 10.3. The second-order valence-corrected chi connectivity index (χ2v) is 2.20. The van der Waals surface area contributed by atoms with Crippen molar-refractivity contribution in [2.75, 3.05) is 14.1 Å². The quantitative estimate of drug-likeness (QED) is 0.410. The van der Waals surface area contributed by atoms with Crippen LogP contribution >= 0.6 is 0 Å². The molecule has 2 N–H and O–H groups in total. The summed E-state index contributed by atoms with van der Waals surface area (Å²) in [6.07, 6.45) is -0.0774. The zero-order valence-electron chi connectivity index (χ0n) is 6.97. The van der Waals surface area contributed by atoms with Crippen LogP contribution in [0.5, 0.6) is 0 Å². The lowest BCUT2D eigenvalue weighted by Gasteiger charge is -2.15. The first-order valence-corrected chi connectivity index (χ1v) is 3.26. The van der Waals surface area contributed by atoms with Gasteiger partial charge in [0.05, 0.1) is 6.42 Å². The number of carbonyl (C=O) groups is 2. The molecule has 0 aromatic heterocycles. The van der Waals surface area contributed by atoms with Gasteiger partial charge in [-0.3, -0.25) is 15.0 Å². The molecule has 0 fully saturated rings. The van der Waals surface area contributed by atoms with E-state index in [1.807, 2.05) is 0 Å². The maximum Gasteiger partial charge on any atom is 0.242 e. The highest BCUT2D eigenvalue weighted by Gasteiger charge is 2.05. The third-order valence-electron chi connectivity index (χ3n) is 1.04. The van der Waals surface area contributed by atoms with Gasteiger partial charge >= 0.3 is 0 Å². The molecule has 0 unspecified atom stereocenters. The van der Waals surface area contributed by atoms with Crippen LogP contribution in [0.1, 0.15) is 13.3 Å². The van der Waals surface area contributed by atoms with Crippen molar-refractivity contribution >= 4 is 11.7 Å². The maximum absolute atomic E-state index is 10.8. The normalized spacial score (nSPS) is 9.82. The summed E-state index contributed by atoms with van der Waals surface area (Å²) < 4.78 is 0. The van der Waals surface area contributed by atoms with E-state index in [1.165, 1.54) is 12.0 Å². The fraction of sp³-hybridized carbons (Fsp3) is 0.667. The molecule has 0 aliphatic carbocycles. The molecule has 5 nitrogen and oxygen atoms in total. The fourth-order valence-electron chi connectivity index (χ4n) is 0.509. The zero-order chi connectivity index (χ0) is 8.85. The van der Waals surface area contributed by atoms with Crippen molar-refractivity contribution in [3.63, 3.8) is 0 Å². The Morgan fingerprint density at radius 2 is 2.00 bits per heavy atom. The van der Waals surface area contributed by atoms with Crippen molar-refractivity contribution in [1.82, 2.24) is 16.0 Å². The van der Waals surface area contributed by atoms with E-state index in [1.54, 1.807) is 14.1 Å². The summed E-state index contributed by atoms with van der Waals surface area (Å²) in [5.74, 6) is -0.457. The Kier molecular flexibility index (Phi) is 4.40. The summed E-state index contributed by atoms with van der Waals surface area (Å²) in [5, 5.41) is 1.38. The number of hydrazine groups is 2. The summed E-state index contributed by atoms with van der Waals surface area (Å²) in [6, 6.07) is 0. The minimum Gasteiger partial charge on any atom is -0.299 e. The summed E-state index contributed by atoms with van der Waals surface area (Å²) in [6.45, 7) is 1.37. The first-order valence-electron chi connectivity index (χ1n) is 3.26. The van der Waals surface area contributed by atoms with Crippen molar-refractivity contribution in [1.29, 1.82) is 0 Å². The third kappa shape index (κ3) is 5.50. The van der Waals surface area contributed by atoms with Crippen molar-refractivity contribution in [2.45, 2.75) is 13.3 Å². The molecule has 1 amide bonds. The van der Waals surface area contributed by atoms with Crippen molar-refractivity contribution in [3.8, 4) is 0 Å². The number of amides is 1. The molecule has 0 atom stereocenters. The first-order chi connectivity index (χ1) is 5.06. The average Bonchev–Trinajstić information content (AvgIpc) is 1.85. The van der Waals surface area contributed by atoms with Crippen molar-refractivity contribution in [3.05, 3.63) is 0 Å². The Hall–Kier alpha value is -0.940. The summed E-state index contributed by atoms with van der Waals surface area (Å²) in [4.78, 5) is 21.2. The van der Waals surface area contributed by atoms with Crippen LogP contribution in [0.2, 0.25) is 0 Å². The van der Waals surface area contributed by atoms with E-state index in [9.17, 15) is 9.59 Å². The second-order valence-electron chi connectivity index (χ2n) is 2.20. The first kappa shape index (κ1) is 10.1. The minimum atomic E-state index is -0.311. The van der Waals surface area contributed by atoms with Crippen molar-refractivity contribution in [2.24, 2.45) is 0 Å². The van der Waals surface area contributed by atoms with Crippen LogP contribution < -0.4 is 10.9 Å². The van der Waals surface area contributed by atoms with Gasteiger partial charge in [-0.2, -0.15) is 5.12 Å². The van der Waals surface area contributed by atoms with Crippen LogP contribution in [0.15, 0.2) is 0 Å². The predicted octanol–water partition coefficient (Wildman–Crippen LogP) is -0.937. The topological polar surface area (TPSA) is 61.4 Å². The number of nitrogens with one attached hydrogen (secondary N) is 2. The van der Waals surface area contributed by atoms with E-state index in [0.29, 0.717) is 0 Å². The van der Waals surface area contributed by atoms with Gasteiger partial charge in [-0.25, -0.2) is 5.43 Å². The minimum absolute atomic E-state index is 0.0774. The third-order valence-corrected chi connectivity index (χ3v) is 1.04. The Balaban J connectivity index is 3.60. The zero-order valence-corrected chi connectivity index (χ0v) is 6.97. The molecule has 0 rings (SSSR count). The van der Waals surface area contributed by atoms with Crippen LogP contribution in [0.3, 0.4) is 0 Å². The molecule has 0 aromatic carbocycles. The average molecular weight is 159 g/mol. The highest BCUT2D eigenvalue weighted by molar-refractivity contribution is 5.96. The van der Waals surface area contributed by atoms with E-state index in [0.717, 1.165) is 0 Å². The Morgan fingerprint density at radius 3 is 2.36 bits per heavy atom. The highest BCUT2D eigenvalue weighted by atomic mass is 16.2. The van der Waals surface area contributed by atoms with E-state index in [-0.39, 0.29) is 18.1 Å². The van der Waals surface area contributed by atoms with Crippen LogP contribution in [0.25, 0.3) is 0 Å². The molecule has 0 spiro atoms. The van der Waals surface area contributed by atoms with E-state index >= 15 is 0 Å². The number of rotatable bonds is 4. The van der Waals surface area contributed by atoms with Gasteiger partial charge in [0.2, 0.25) is 5.91 Å². The lowest BCUT2D eigenvalue weighted by Crippen LogP contribution is -2.46. The van der Waals surface area contributed by atoms with Crippen LogP contribution in [-0.4, -0.2) is 30.9 Å². The van der Waals surface area contributed by atoms with Gasteiger partial charge in [-0.15, -0.1) is 0 Å². The second kappa shape index (κ2) is 4.81.